The van der Waals surface area contributed by atoms with Crippen molar-refractivity contribution in [1.29, 1.82) is 0 Å². The Morgan fingerprint density at radius 1 is 1.18 bits per heavy atom. The molecule has 0 saturated carbocycles. The van der Waals surface area contributed by atoms with E-state index in [4.69, 9.17) is 19.3 Å². The quantitative estimate of drug-likeness (QED) is 0.287. The number of hydrogen-bond donors (Lipinski definition) is 4. The number of ether oxygens (including phenoxy) is 3. The molecule has 2 aliphatic carbocycles. The summed E-state index contributed by atoms with van der Waals surface area (Å²) >= 11 is 0. The molecule has 0 aromatic carbocycles. The van der Waals surface area contributed by atoms with Crippen LogP contribution in [0.1, 0.15) is 46.0 Å². The lowest BCUT2D eigenvalue weighted by atomic mass is 9.66. The highest BCUT2D eigenvalue weighted by Crippen LogP contribution is 2.44. The van der Waals surface area contributed by atoms with Crippen LogP contribution in [0.5, 0.6) is 0 Å². The molecular formula is C25H40O9. The first kappa shape index (κ1) is 28.5. The molecule has 0 unspecified atom stereocenters. The number of carboxylic acid groups (broad SMARTS) is 1. The Morgan fingerprint density at radius 3 is 2.41 bits per heavy atom. The maximum atomic E-state index is 13.1. The van der Waals surface area contributed by atoms with E-state index in [0.717, 1.165) is 5.57 Å². The molecule has 0 spiro atoms. The van der Waals surface area contributed by atoms with E-state index < -0.39 is 48.2 Å². The zero-order valence-corrected chi connectivity index (χ0v) is 20.6. The lowest BCUT2D eigenvalue weighted by Gasteiger charge is -2.43. The van der Waals surface area contributed by atoms with Crippen molar-refractivity contribution >= 4 is 11.9 Å². The summed E-state index contributed by atoms with van der Waals surface area (Å²) in [5, 5.41) is 39.4. The van der Waals surface area contributed by atoms with E-state index in [0.29, 0.717) is 12.8 Å². The van der Waals surface area contributed by atoms with Gasteiger partial charge in [0.15, 0.2) is 0 Å². The molecule has 7 atom stereocenters. The molecule has 0 fully saturated rings. The van der Waals surface area contributed by atoms with Crippen LogP contribution in [0, 0.1) is 23.2 Å². The minimum absolute atomic E-state index is 0.0138. The molecule has 0 aromatic heterocycles. The Kier molecular flexibility index (Phi) is 10.7. The maximum absolute atomic E-state index is 13.1. The van der Waals surface area contributed by atoms with E-state index >= 15 is 0 Å². The first-order valence-electron chi connectivity index (χ1n) is 11.9. The summed E-state index contributed by atoms with van der Waals surface area (Å²) < 4.78 is 16.4. The lowest BCUT2D eigenvalue weighted by Crippen LogP contribution is -2.46. The number of aliphatic carboxylic acids is 1. The van der Waals surface area contributed by atoms with Crippen LogP contribution in [0.15, 0.2) is 23.8 Å². The Labute approximate surface area is 201 Å². The van der Waals surface area contributed by atoms with Gasteiger partial charge < -0.3 is 34.6 Å². The van der Waals surface area contributed by atoms with E-state index in [1.165, 1.54) is 14.2 Å². The molecule has 0 heterocycles. The molecule has 194 valence electrons. The summed E-state index contributed by atoms with van der Waals surface area (Å²) in [7, 11) is 3.02. The highest BCUT2D eigenvalue weighted by molar-refractivity contribution is 5.77. The number of esters is 1. The van der Waals surface area contributed by atoms with E-state index in [-0.39, 0.29) is 43.8 Å². The van der Waals surface area contributed by atoms with Crippen LogP contribution in [0.3, 0.4) is 0 Å². The first-order chi connectivity index (χ1) is 16.0. The highest BCUT2D eigenvalue weighted by Gasteiger charge is 2.44. The van der Waals surface area contributed by atoms with Crippen LogP contribution in [0.2, 0.25) is 0 Å². The molecule has 0 aromatic rings. The van der Waals surface area contributed by atoms with Crippen molar-refractivity contribution in [2.75, 3.05) is 27.4 Å². The normalized spacial score (nSPS) is 28.6. The topological polar surface area (TPSA) is 143 Å². The molecule has 9 nitrogen and oxygen atoms in total. The summed E-state index contributed by atoms with van der Waals surface area (Å²) in [6, 6.07) is 0. The smallest absolute Gasteiger partial charge is 0.316 e. The van der Waals surface area contributed by atoms with Gasteiger partial charge in [-0.1, -0.05) is 25.2 Å². The minimum atomic E-state index is -1.11. The van der Waals surface area contributed by atoms with Gasteiger partial charge in [-0.25, -0.2) is 0 Å². The molecule has 4 N–H and O–H groups in total. The third kappa shape index (κ3) is 7.61. The number of carboxylic acids is 1. The third-order valence-electron chi connectivity index (χ3n) is 6.84. The van der Waals surface area contributed by atoms with Crippen molar-refractivity contribution < 1.29 is 44.2 Å². The van der Waals surface area contributed by atoms with Gasteiger partial charge in [0.25, 0.3) is 0 Å². The van der Waals surface area contributed by atoms with E-state index in [9.17, 15) is 24.9 Å². The van der Waals surface area contributed by atoms with Crippen LogP contribution in [0.4, 0.5) is 0 Å². The first-order valence-corrected chi connectivity index (χ1v) is 11.9. The van der Waals surface area contributed by atoms with Gasteiger partial charge in [0.2, 0.25) is 0 Å². The third-order valence-corrected chi connectivity index (χ3v) is 6.84. The Hall–Kier alpha value is -1.78. The molecule has 0 bridgehead atoms. The zero-order valence-electron chi connectivity index (χ0n) is 20.6. The molecule has 2 rings (SSSR count). The number of aliphatic hydroxyl groups excluding tert-OH is 3. The van der Waals surface area contributed by atoms with Gasteiger partial charge in [-0.05, 0) is 43.6 Å². The van der Waals surface area contributed by atoms with Crippen LogP contribution in [-0.2, 0) is 23.8 Å². The molecule has 0 aliphatic heterocycles. The van der Waals surface area contributed by atoms with Crippen LogP contribution in [0.25, 0.3) is 0 Å². The van der Waals surface area contributed by atoms with Gasteiger partial charge in [0.05, 0.1) is 37.9 Å². The SMILES string of the molecule is COCC(C)(COC)C(=O)O[C@H]1C[C@H](O)C=C2C=C[C@@H](C)[C@H](CC[C@@H](O)C[C@@H](O)CC(=O)O)[C@H]21. The number of aliphatic hydroxyl groups is 3. The minimum Gasteiger partial charge on any atom is -0.481 e. The number of carbonyl (C=O) groups is 2. The number of methoxy groups -OCH3 is 2. The number of carbonyl (C=O) groups excluding carboxylic acids is 1. The molecule has 2 aliphatic rings. The fraction of sp³-hybridized carbons (Fsp3) is 0.760. The van der Waals surface area contributed by atoms with E-state index in [1.807, 2.05) is 6.08 Å². The molecular weight excluding hydrogens is 444 g/mol. The fourth-order valence-electron chi connectivity index (χ4n) is 5.16. The number of fused-ring (bicyclic) bond motifs is 1. The summed E-state index contributed by atoms with van der Waals surface area (Å²) in [6.45, 7) is 4.05. The monoisotopic (exact) mass is 484 g/mol. The van der Waals surface area contributed by atoms with Crippen LogP contribution >= 0.6 is 0 Å². The van der Waals surface area contributed by atoms with Crippen molar-refractivity contribution in [1.82, 2.24) is 0 Å². The van der Waals surface area contributed by atoms with Crippen molar-refractivity contribution in [3.05, 3.63) is 23.8 Å². The summed E-state index contributed by atoms with van der Waals surface area (Å²) in [5.41, 5.74) is -0.0852. The molecule has 0 amide bonds. The molecule has 0 saturated heterocycles. The van der Waals surface area contributed by atoms with Gasteiger partial charge in [-0.3, -0.25) is 9.59 Å². The predicted molar refractivity (Wildman–Crippen MR) is 124 cm³/mol. The van der Waals surface area contributed by atoms with E-state index in [1.54, 1.807) is 13.0 Å². The second-order valence-corrected chi connectivity index (χ2v) is 9.97. The average molecular weight is 485 g/mol. The van der Waals surface area contributed by atoms with Gasteiger partial charge in [-0.15, -0.1) is 0 Å². The number of rotatable bonds is 13. The second kappa shape index (κ2) is 12.8. The fourth-order valence-corrected chi connectivity index (χ4v) is 5.16. The molecule has 0 radical (unpaired) electrons. The largest absolute Gasteiger partial charge is 0.481 e. The van der Waals surface area contributed by atoms with Crippen molar-refractivity contribution in [2.45, 2.75) is 70.4 Å². The Morgan fingerprint density at radius 2 is 1.82 bits per heavy atom. The summed E-state index contributed by atoms with van der Waals surface area (Å²) in [6.07, 6.45) is 3.37. The number of allylic oxidation sites excluding steroid dienone is 2. The molecule has 34 heavy (non-hydrogen) atoms. The van der Waals surface area contributed by atoms with Crippen LogP contribution < -0.4 is 0 Å². The summed E-state index contributed by atoms with van der Waals surface area (Å²) in [4.78, 5) is 23.9. The van der Waals surface area contributed by atoms with Crippen molar-refractivity contribution in [2.24, 2.45) is 23.2 Å². The Bertz CT molecular complexity index is 741. The lowest BCUT2D eigenvalue weighted by molar-refractivity contribution is -0.173. The van der Waals surface area contributed by atoms with Gasteiger partial charge in [0.1, 0.15) is 11.5 Å². The van der Waals surface area contributed by atoms with Crippen molar-refractivity contribution in [3.8, 4) is 0 Å². The maximum Gasteiger partial charge on any atom is 0.316 e. The number of hydrogen-bond acceptors (Lipinski definition) is 8. The van der Waals surface area contributed by atoms with Gasteiger partial charge in [-0.2, -0.15) is 0 Å². The summed E-state index contributed by atoms with van der Waals surface area (Å²) in [5.74, 6) is -1.55. The average Bonchev–Trinajstić information content (AvgIpc) is 2.72. The van der Waals surface area contributed by atoms with E-state index in [2.05, 4.69) is 13.0 Å². The molecule has 9 heteroatoms. The Balaban J connectivity index is 2.16. The second-order valence-electron chi connectivity index (χ2n) is 9.97. The van der Waals surface area contributed by atoms with Gasteiger partial charge >= 0.3 is 11.9 Å². The standard InChI is InChI=1S/C25H40O9/c1-15-5-6-16-9-18(27)11-21(34-24(31)25(2,13-32-3)14-33-4)23(16)20(15)8-7-17(26)10-19(28)12-22(29)30/h5-6,9,15,17-21,23,26-28H,7-8,10-14H2,1-4H3,(H,29,30)/t15-,17-,18-,19-,20+,21+,23+/m1/s1. The highest BCUT2D eigenvalue weighted by atomic mass is 16.6. The van der Waals surface area contributed by atoms with Crippen LogP contribution in [-0.4, -0.2) is 84.2 Å². The van der Waals surface area contributed by atoms with Gasteiger partial charge in [0, 0.05) is 26.6 Å². The zero-order chi connectivity index (χ0) is 25.5. The van der Waals surface area contributed by atoms with Crippen molar-refractivity contribution in [3.63, 3.8) is 0 Å². The predicted octanol–water partition coefficient (Wildman–Crippen LogP) is 1.69.